The van der Waals surface area contributed by atoms with Gasteiger partial charge in [0.25, 0.3) is 0 Å². The van der Waals surface area contributed by atoms with Gasteiger partial charge >= 0.3 is 0 Å². The summed E-state index contributed by atoms with van der Waals surface area (Å²) < 4.78 is 0. The van der Waals surface area contributed by atoms with Crippen molar-refractivity contribution in [3.8, 4) is 0 Å². The van der Waals surface area contributed by atoms with E-state index in [4.69, 9.17) is 5.73 Å². The second kappa shape index (κ2) is 5.47. The van der Waals surface area contributed by atoms with Crippen LogP contribution in [0.3, 0.4) is 0 Å². The maximum atomic E-state index is 12.5. The highest BCUT2D eigenvalue weighted by Crippen LogP contribution is 2.23. The molecule has 2 aromatic rings. The molecule has 2 aromatic carbocycles. The first-order valence-corrected chi connectivity index (χ1v) is 6.65. The number of hydrogen-bond acceptors (Lipinski definition) is 2. The number of benzene rings is 2. The van der Waals surface area contributed by atoms with Crippen molar-refractivity contribution in [2.24, 2.45) is 5.73 Å². The zero-order valence-corrected chi connectivity index (χ0v) is 12.1. The molecular weight excluding hydrogens is 248 g/mol. The molecule has 0 bridgehead atoms. The Bertz CT molecular complexity index is 618. The van der Waals surface area contributed by atoms with Crippen LogP contribution in [0.1, 0.15) is 23.6 Å². The Labute approximate surface area is 119 Å². The van der Waals surface area contributed by atoms with Crippen LogP contribution in [0, 0.1) is 13.8 Å². The molecule has 0 saturated carbocycles. The van der Waals surface area contributed by atoms with Gasteiger partial charge < -0.3 is 11.1 Å². The largest absolute Gasteiger partial charge is 0.324 e. The molecule has 0 radical (unpaired) electrons. The number of amides is 1. The first-order chi connectivity index (χ1) is 9.43. The van der Waals surface area contributed by atoms with Crippen LogP contribution in [0.15, 0.2) is 48.5 Å². The van der Waals surface area contributed by atoms with Crippen molar-refractivity contribution in [1.82, 2.24) is 0 Å². The molecule has 1 atom stereocenters. The predicted molar refractivity (Wildman–Crippen MR) is 82.5 cm³/mol. The molecule has 0 aliphatic rings. The SMILES string of the molecule is Cc1cccc(NC(=O)C(C)(N)c2ccccc2)c1C. The van der Waals surface area contributed by atoms with Gasteiger partial charge in [-0.2, -0.15) is 0 Å². The van der Waals surface area contributed by atoms with Crippen molar-refractivity contribution >= 4 is 11.6 Å². The van der Waals surface area contributed by atoms with E-state index in [1.54, 1.807) is 6.92 Å². The Balaban J connectivity index is 2.26. The molecule has 3 N–H and O–H groups in total. The summed E-state index contributed by atoms with van der Waals surface area (Å²) in [6.07, 6.45) is 0. The quantitative estimate of drug-likeness (QED) is 0.898. The van der Waals surface area contributed by atoms with E-state index in [0.717, 1.165) is 22.4 Å². The van der Waals surface area contributed by atoms with E-state index in [-0.39, 0.29) is 5.91 Å². The molecule has 0 saturated heterocycles. The van der Waals surface area contributed by atoms with E-state index in [1.165, 1.54) is 0 Å². The standard InChI is InChI=1S/C17H20N2O/c1-12-8-7-11-15(13(12)2)19-16(20)17(3,18)14-9-5-4-6-10-14/h4-11H,18H2,1-3H3,(H,19,20). The van der Waals surface area contributed by atoms with Crippen molar-refractivity contribution in [3.63, 3.8) is 0 Å². The lowest BCUT2D eigenvalue weighted by Crippen LogP contribution is -2.45. The lowest BCUT2D eigenvalue weighted by Gasteiger charge is -2.24. The molecule has 0 aliphatic carbocycles. The van der Waals surface area contributed by atoms with Gasteiger partial charge in [-0.3, -0.25) is 4.79 Å². The molecule has 2 rings (SSSR count). The summed E-state index contributed by atoms with van der Waals surface area (Å²) in [6, 6.07) is 15.2. The predicted octanol–water partition coefficient (Wildman–Crippen LogP) is 3.12. The van der Waals surface area contributed by atoms with Crippen LogP contribution in [-0.4, -0.2) is 5.91 Å². The van der Waals surface area contributed by atoms with Gasteiger partial charge in [0.2, 0.25) is 5.91 Å². The molecular formula is C17H20N2O. The van der Waals surface area contributed by atoms with Gasteiger partial charge in [0.05, 0.1) is 0 Å². The van der Waals surface area contributed by atoms with Gasteiger partial charge in [-0.25, -0.2) is 0 Å². The number of rotatable bonds is 3. The molecule has 3 heteroatoms. The monoisotopic (exact) mass is 268 g/mol. The third kappa shape index (κ3) is 2.73. The topological polar surface area (TPSA) is 55.1 Å². The second-order valence-electron chi connectivity index (χ2n) is 5.27. The third-order valence-electron chi connectivity index (χ3n) is 3.70. The van der Waals surface area contributed by atoms with Crippen LogP contribution in [0.5, 0.6) is 0 Å². The minimum atomic E-state index is -1.06. The lowest BCUT2D eigenvalue weighted by atomic mass is 9.92. The summed E-state index contributed by atoms with van der Waals surface area (Å²) in [6.45, 7) is 5.73. The molecule has 0 heterocycles. The molecule has 0 aromatic heterocycles. The van der Waals surface area contributed by atoms with Gasteiger partial charge in [0.1, 0.15) is 5.54 Å². The number of hydrogen-bond donors (Lipinski definition) is 2. The Hall–Kier alpha value is -2.13. The minimum Gasteiger partial charge on any atom is -0.324 e. The van der Waals surface area contributed by atoms with Crippen molar-refractivity contribution in [3.05, 3.63) is 65.2 Å². The molecule has 0 aliphatic heterocycles. The zero-order chi connectivity index (χ0) is 14.8. The van der Waals surface area contributed by atoms with E-state index < -0.39 is 5.54 Å². The Morgan fingerprint density at radius 1 is 1.05 bits per heavy atom. The number of anilines is 1. The third-order valence-corrected chi connectivity index (χ3v) is 3.70. The molecule has 3 nitrogen and oxygen atoms in total. The summed E-state index contributed by atoms with van der Waals surface area (Å²) in [7, 11) is 0. The van der Waals surface area contributed by atoms with Crippen LogP contribution in [-0.2, 0) is 10.3 Å². The summed E-state index contributed by atoms with van der Waals surface area (Å²) in [4.78, 5) is 12.5. The summed E-state index contributed by atoms with van der Waals surface area (Å²) in [5.41, 5.74) is 8.95. The Kier molecular flexibility index (Phi) is 3.91. The van der Waals surface area contributed by atoms with Crippen molar-refractivity contribution in [2.45, 2.75) is 26.3 Å². The number of nitrogens with one attached hydrogen (secondary N) is 1. The molecule has 1 amide bonds. The second-order valence-corrected chi connectivity index (χ2v) is 5.27. The van der Waals surface area contributed by atoms with Crippen LogP contribution in [0.25, 0.3) is 0 Å². The van der Waals surface area contributed by atoms with Gasteiger partial charge in [0.15, 0.2) is 0 Å². The van der Waals surface area contributed by atoms with Gasteiger partial charge in [-0.05, 0) is 43.5 Å². The smallest absolute Gasteiger partial charge is 0.248 e. The Morgan fingerprint density at radius 3 is 2.35 bits per heavy atom. The van der Waals surface area contributed by atoms with Crippen LogP contribution in [0.4, 0.5) is 5.69 Å². The normalized spacial score (nSPS) is 13.6. The van der Waals surface area contributed by atoms with E-state index in [9.17, 15) is 4.79 Å². The summed E-state index contributed by atoms with van der Waals surface area (Å²) in [5, 5.41) is 2.93. The summed E-state index contributed by atoms with van der Waals surface area (Å²) in [5.74, 6) is -0.211. The highest BCUT2D eigenvalue weighted by Gasteiger charge is 2.30. The molecule has 20 heavy (non-hydrogen) atoms. The van der Waals surface area contributed by atoms with E-state index in [2.05, 4.69) is 5.32 Å². The summed E-state index contributed by atoms with van der Waals surface area (Å²) >= 11 is 0. The van der Waals surface area contributed by atoms with E-state index >= 15 is 0 Å². The number of carbonyl (C=O) groups excluding carboxylic acids is 1. The fraction of sp³-hybridized carbons (Fsp3) is 0.235. The average Bonchev–Trinajstić information content (AvgIpc) is 2.44. The molecule has 0 fully saturated rings. The van der Waals surface area contributed by atoms with Crippen LogP contribution >= 0.6 is 0 Å². The van der Waals surface area contributed by atoms with Gasteiger partial charge in [-0.15, -0.1) is 0 Å². The van der Waals surface area contributed by atoms with Crippen molar-refractivity contribution in [2.75, 3.05) is 5.32 Å². The maximum absolute atomic E-state index is 12.5. The van der Waals surface area contributed by atoms with Gasteiger partial charge in [0, 0.05) is 5.69 Å². The highest BCUT2D eigenvalue weighted by atomic mass is 16.2. The fourth-order valence-corrected chi connectivity index (χ4v) is 2.05. The molecule has 104 valence electrons. The number of aryl methyl sites for hydroxylation is 1. The molecule has 1 unspecified atom stereocenters. The van der Waals surface area contributed by atoms with E-state index in [0.29, 0.717) is 0 Å². The number of carbonyl (C=O) groups is 1. The van der Waals surface area contributed by atoms with E-state index in [1.807, 2.05) is 62.4 Å². The first-order valence-electron chi connectivity index (χ1n) is 6.65. The number of nitrogens with two attached hydrogens (primary N) is 1. The zero-order valence-electron chi connectivity index (χ0n) is 12.1. The highest BCUT2D eigenvalue weighted by molar-refractivity contribution is 5.98. The lowest BCUT2D eigenvalue weighted by molar-refractivity contribution is -0.120. The first kappa shape index (κ1) is 14.3. The fourth-order valence-electron chi connectivity index (χ4n) is 2.05. The van der Waals surface area contributed by atoms with Crippen LogP contribution in [0.2, 0.25) is 0 Å². The Morgan fingerprint density at radius 2 is 1.70 bits per heavy atom. The average molecular weight is 268 g/mol. The van der Waals surface area contributed by atoms with Gasteiger partial charge in [-0.1, -0.05) is 42.5 Å². The maximum Gasteiger partial charge on any atom is 0.248 e. The van der Waals surface area contributed by atoms with Crippen molar-refractivity contribution < 1.29 is 4.79 Å². The van der Waals surface area contributed by atoms with Crippen LogP contribution < -0.4 is 11.1 Å². The molecule has 0 spiro atoms. The van der Waals surface area contributed by atoms with Crippen molar-refractivity contribution in [1.29, 1.82) is 0 Å². The minimum absolute atomic E-state index is 0.211.